The average molecular weight is 336 g/mol. The van der Waals surface area contributed by atoms with Gasteiger partial charge in [0, 0.05) is 22.4 Å². The van der Waals surface area contributed by atoms with Crippen LogP contribution in [0, 0.1) is 5.82 Å². The molecule has 0 aromatic heterocycles. The van der Waals surface area contributed by atoms with Crippen molar-refractivity contribution >= 4 is 35.0 Å². The molecule has 1 fully saturated rings. The van der Waals surface area contributed by atoms with E-state index in [9.17, 15) is 4.39 Å². The summed E-state index contributed by atoms with van der Waals surface area (Å²) in [6.45, 7) is 4.22. The van der Waals surface area contributed by atoms with Crippen LogP contribution in [-0.2, 0) is 0 Å². The van der Waals surface area contributed by atoms with Crippen LogP contribution in [0.25, 0.3) is 0 Å². The lowest BCUT2D eigenvalue weighted by atomic mass is 10.1. The first-order chi connectivity index (χ1) is 9.52. The average Bonchev–Trinajstić information content (AvgIpc) is 2.81. The topological polar surface area (TPSA) is 12.0 Å². The van der Waals surface area contributed by atoms with Crippen molar-refractivity contribution < 1.29 is 4.39 Å². The van der Waals surface area contributed by atoms with Crippen molar-refractivity contribution in [2.24, 2.45) is 0 Å². The highest BCUT2D eigenvalue weighted by atomic mass is 35.5. The lowest BCUT2D eigenvalue weighted by Crippen LogP contribution is -2.36. The molecule has 1 aliphatic rings. The molecule has 20 heavy (non-hydrogen) atoms. The third-order valence-electron chi connectivity index (χ3n) is 3.80. The molecule has 1 aromatic rings. The quantitative estimate of drug-likeness (QED) is 0.717. The van der Waals surface area contributed by atoms with Crippen molar-refractivity contribution in [3.05, 3.63) is 33.6 Å². The van der Waals surface area contributed by atoms with Crippen LogP contribution in [0.2, 0.25) is 10.0 Å². The number of benzene rings is 1. The number of hydrogen-bond donors (Lipinski definition) is 1. The zero-order valence-electron chi connectivity index (χ0n) is 11.8. The third kappa shape index (κ3) is 3.82. The van der Waals surface area contributed by atoms with E-state index in [4.69, 9.17) is 23.2 Å². The van der Waals surface area contributed by atoms with Crippen molar-refractivity contribution in [3.8, 4) is 0 Å². The minimum atomic E-state index is -0.411. The van der Waals surface area contributed by atoms with Crippen molar-refractivity contribution in [3.63, 3.8) is 0 Å². The summed E-state index contributed by atoms with van der Waals surface area (Å²) in [6.07, 6.45) is 3.69. The molecule has 1 saturated carbocycles. The molecular formula is C15H20Cl2FNS. The Morgan fingerprint density at radius 1 is 1.35 bits per heavy atom. The van der Waals surface area contributed by atoms with Crippen LogP contribution < -0.4 is 5.32 Å². The molecule has 0 amide bonds. The first kappa shape index (κ1) is 16.4. The molecule has 0 heterocycles. The van der Waals surface area contributed by atoms with Gasteiger partial charge in [0.25, 0.3) is 0 Å². The lowest BCUT2D eigenvalue weighted by Gasteiger charge is -2.25. The molecule has 1 aromatic carbocycles. The highest BCUT2D eigenvalue weighted by Gasteiger charge is 2.28. The van der Waals surface area contributed by atoms with E-state index < -0.39 is 5.82 Å². The van der Waals surface area contributed by atoms with Gasteiger partial charge in [-0.25, -0.2) is 4.39 Å². The van der Waals surface area contributed by atoms with E-state index in [-0.39, 0.29) is 11.1 Å². The van der Waals surface area contributed by atoms with Gasteiger partial charge in [-0.05, 0) is 43.2 Å². The number of halogens is 3. The summed E-state index contributed by atoms with van der Waals surface area (Å²) in [6, 6.07) is 3.43. The van der Waals surface area contributed by atoms with Gasteiger partial charge in [0.1, 0.15) is 5.82 Å². The zero-order valence-corrected chi connectivity index (χ0v) is 14.1. The van der Waals surface area contributed by atoms with Crippen LogP contribution in [0.1, 0.15) is 44.7 Å². The Morgan fingerprint density at radius 2 is 2.10 bits per heavy atom. The van der Waals surface area contributed by atoms with Crippen molar-refractivity contribution in [2.75, 3.05) is 5.75 Å². The molecule has 0 aliphatic heterocycles. The van der Waals surface area contributed by atoms with Gasteiger partial charge in [-0.3, -0.25) is 0 Å². The summed E-state index contributed by atoms with van der Waals surface area (Å²) >= 11 is 13.9. The Kier molecular flexibility index (Phi) is 6.03. The van der Waals surface area contributed by atoms with E-state index in [1.54, 1.807) is 0 Å². The summed E-state index contributed by atoms with van der Waals surface area (Å²) in [7, 11) is 0. The van der Waals surface area contributed by atoms with E-state index in [1.165, 1.54) is 31.4 Å². The molecule has 0 bridgehead atoms. The molecule has 0 saturated heterocycles. The van der Waals surface area contributed by atoms with Crippen LogP contribution in [0.4, 0.5) is 4.39 Å². The Balaban J connectivity index is 2.08. The van der Waals surface area contributed by atoms with E-state index in [0.717, 1.165) is 11.3 Å². The van der Waals surface area contributed by atoms with Gasteiger partial charge in [0.15, 0.2) is 0 Å². The molecule has 1 nitrogen and oxygen atoms in total. The largest absolute Gasteiger partial charge is 0.306 e. The Morgan fingerprint density at radius 3 is 2.80 bits per heavy atom. The number of rotatable bonds is 5. The van der Waals surface area contributed by atoms with Crippen LogP contribution in [0.3, 0.4) is 0 Å². The molecule has 0 radical (unpaired) electrons. The monoisotopic (exact) mass is 335 g/mol. The summed E-state index contributed by atoms with van der Waals surface area (Å²) in [5.74, 6) is 0.721. The van der Waals surface area contributed by atoms with E-state index in [1.807, 2.05) is 18.7 Å². The molecule has 112 valence electrons. The highest BCUT2D eigenvalue weighted by molar-refractivity contribution is 7.99. The van der Waals surface area contributed by atoms with Crippen molar-refractivity contribution in [1.29, 1.82) is 0 Å². The van der Waals surface area contributed by atoms with Crippen molar-refractivity contribution in [1.82, 2.24) is 5.32 Å². The second-order valence-electron chi connectivity index (χ2n) is 5.21. The van der Waals surface area contributed by atoms with E-state index in [2.05, 4.69) is 12.2 Å². The highest BCUT2D eigenvalue weighted by Crippen LogP contribution is 2.33. The maximum absolute atomic E-state index is 13.6. The molecule has 3 unspecified atom stereocenters. The predicted octanol–water partition coefficient (Wildman–Crippen LogP) is 5.46. The van der Waals surface area contributed by atoms with Gasteiger partial charge in [0.05, 0.1) is 5.02 Å². The van der Waals surface area contributed by atoms with Crippen LogP contribution >= 0.6 is 35.0 Å². The molecule has 5 heteroatoms. The molecule has 0 spiro atoms. The fourth-order valence-corrected chi connectivity index (χ4v) is 4.57. The summed E-state index contributed by atoms with van der Waals surface area (Å²) in [4.78, 5) is 0. The molecular weight excluding hydrogens is 316 g/mol. The Labute approximate surface area is 134 Å². The second kappa shape index (κ2) is 7.35. The van der Waals surface area contributed by atoms with E-state index in [0.29, 0.717) is 16.3 Å². The number of hydrogen-bond acceptors (Lipinski definition) is 2. The van der Waals surface area contributed by atoms with Gasteiger partial charge in [-0.15, -0.1) is 0 Å². The minimum Gasteiger partial charge on any atom is -0.306 e. The van der Waals surface area contributed by atoms with Gasteiger partial charge in [0.2, 0.25) is 0 Å². The SMILES string of the molecule is CCSC1CCCC1NC(C)c1cc(F)c(Cl)cc1Cl. The van der Waals surface area contributed by atoms with Gasteiger partial charge >= 0.3 is 0 Å². The van der Waals surface area contributed by atoms with Gasteiger partial charge < -0.3 is 5.32 Å². The van der Waals surface area contributed by atoms with Crippen LogP contribution in [-0.4, -0.2) is 17.0 Å². The number of nitrogens with one attached hydrogen (secondary N) is 1. The summed E-state index contributed by atoms with van der Waals surface area (Å²) in [5.41, 5.74) is 0.778. The fraction of sp³-hybridized carbons (Fsp3) is 0.600. The smallest absolute Gasteiger partial charge is 0.142 e. The maximum atomic E-state index is 13.6. The number of thioether (sulfide) groups is 1. The van der Waals surface area contributed by atoms with Crippen LogP contribution in [0.5, 0.6) is 0 Å². The van der Waals surface area contributed by atoms with E-state index >= 15 is 0 Å². The first-order valence-corrected chi connectivity index (χ1v) is 8.85. The maximum Gasteiger partial charge on any atom is 0.142 e. The fourth-order valence-electron chi connectivity index (χ4n) is 2.81. The summed E-state index contributed by atoms with van der Waals surface area (Å²) < 4.78 is 13.6. The summed E-state index contributed by atoms with van der Waals surface area (Å²) in [5, 5.41) is 4.85. The van der Waals surface area contributed by atoms with Gasteiger partial charge in [-0.2, -0.15) is 11.8 Å². The zero-order chi connectivity index (χ0) is 14.7. The lowest BCUT2D eigenvalue weighted by molar-refractivity contribution is 0.465. The Hall–Kier alpha value is 0.0400. The molecule has 1 aliphatic carbocycles. The first-order valence-electron chi connectivity index (χ1n) is 7.05. The standard InChI is InChI=1S/C15H20Cl2FNS/c1-3-20-15-6-4-5-14(15)19-9(2)10-7-13(18)12(17)8-11(10)16/h7-9,14-15,19H,3-6H2,1-2H3. The Bertz CT molecular complexity index is 469. The normalized spacial score (nSPS) is 24.1. The van der Waals surface area contributed by atoms with Crippen LogP contribution in [0.15, 0.2) is 12.1 Å². The molecule has 1 N–H and O–H groups in total. The predicted molar refractivity (Wildman–Crippen MR) is 87.5 cm³/mol. The third-order valence-corrected chi connectivity index (χ3v) is 5.75. The molecule has 3 atom stereocenters. The molecule has 2 rings (SSSR count). The van der Waals surface area contributed by atoms with Gasteiger partial charge in [-0.1, -0.05) is 36.5 Å². The van der Waals surface area contributed by atoms with Crippen molar-refractivity contribution in [2.45, 2.75) is 50.4 Å². The minimum absolute atomic E-state index is 0.0253. The second-order valence-corrected chi connectivity index (χ2v) is 7.54.